The van der Waals surface area contributed by atoms with E-state index in [2.05, 4.69) is 15.3 Å². The molecule has 220 valence electrons. The van der Waals surface area contributed by atoms with Gasteiger partial charge in [0.2, 0.25) is 16.0 Å². The molecule has 0 radical (unpaired) electrons. The Bertz CT molecular complexity index is 1980. The van der Waals surface area contributed by atoms with Gasteiger partial charge in [0.15, 0.2) is 0 Å². The highest BCUT2D eigenvalue weighted by atomic mass is 35.5. The van der Waals surface area contributed by atoms with E-state index in [1.165, 1.54) is 0 Å². The second-order valence-corrected chi connectivity index (χ2v) is 12.9. The lowest BCUT2D eigenvalue weighted by molar-refractivity contribution is 0.346. The van der Waals surface area contributed by atoms with Gasteiger partial charge < -0.3 is 11.1 Å². The van der Waals surface area contributed by atoms with Gasteiger partial charge in [-0.25, -0.2) is 13.4 Å². The number of sulfonamides is 1. The van der Waals surface area contributed by atoms with Crippen LogP contribution in [0.5, 0.6) is 0 Å². The summed E-state index contributed by atoms with van der Waals surface area (Å²) >= 11 is 6.48. The largest absolute Gasteiger partial charge is 0.368 e. The maximum Gasteiger partial charge on any atom is 0.264 e. The molecule has 0 bridgehead atoms. The fourth-order valence-electron chi connectivity index (χ4n) is 5.58. The normalized spacial score (nSPS) is 14.9. The summed E-state index contributed by atoms with van der Waals surface area (Å²) in [5, 5.41) is 4.95. The molecule has 9 nitrogen and oxygen atoms in total. The molecule has 0 unspecified atom stereocenters. The lowest BCUT2D eigenvalue weighted by Gasteiger charge is -2.26. The SMILES string of the molecule is C[C@H](Nc1nc(N)ncc1-c1cccc(S(=O)(=O)N2CCCCC2)c1)c1cc2cccc(Cl)c2c(=O)n1-c1ccccc1. The predicted molar refractivity (Wildman–Crippen MR) is 171 cm³/mol. The van der Waals surface area contributed by atoms with E-state index in [1.807, 2.05) is 61.5 Å². The zero-order chi connectivity index (χ0) is 30.1. The van der Waals surface area contributed by atoms with Crippen LogP contribution in [0.25, 0.3) is 27.6 Å². The molecule has 3 heterocycles. The Hall–Kier alpha value is -4.25. The lowest BCUT2D eigenvalue weighted by atomic mass is 10.1. The number of anilines is 2. The molecule has 0 aliphatic carbocycles. The first-order valence-corrected chi connectivity index (χ1v) is 15.9. The quantitative estimate of drug-likeness (QED) is 0.229. The highest BCUT2D eigenvalue weighted by molar-refractivity contribution is 7.89. The van der Waals surface area contributed by atoms with Crippen molar-refractivity contribution in [2.45, 2.75) is 37.1 Å². The summed E-state index contributed by atoms with van der Waals surface area (Å²) in [6, 6.07) is 23.0. The van der Waals surface area contributed by atoms with Crippen LogP contribution >= 0.6 is 11.6 Å². The number of rotatable bonds is 7. The zero-order valence-corrected chi connectivity index (χ0v) is 25.1. The van der Waals surface area contributed by atoms with Crippen LogP contribution in [0.2, 0.25) is 5.02 Å². The predicted octanol–water partition coefficient (Wildman–Crippen LogP) is 6.03. The van der Waals surface area contributed by atoms with E-state index in [-0.39, 0.29) is 16.4 Å². The Morgan fingerprint density at radius 1 is 0.953 bits per heavy atom. The standard InChI is InChI=1S/C32H31ClN6O3S/c1-21(28-19-23-11-9-15-27(33)29(23)31(40)39(28)24-12-4-2-5-13-24)36-30-26(20-35-32(34)37-30)22-10-8-14-25(18-22)43(41,42)38-16-6-3-7-17-38/h2,4-5,8-15,18-21H,3,6-7,16-17H2,1H3,(H3,34,35,36,37)/t21-/m0/s1. The molecule has 6 rings (SSSR count). The van der Waals surface area contributed by atoms with Crippen molar-refractivity contribution in [2.24, 2.45) is 0 Å². The van der Waals surface area contributed by atoms with Crippen molar-refractivity contribution in [1.82, 2.24) is 18.8 Å². The molecule has 0 spiro atoms. The third kappa shape index (κ3) is 5.61. The molecule has 1 atom stereocenters. The van der Waals surface area contributed by atoms with Crippen molar-refractivity contribution < 1.29 is 8.42 Å². The van der Waals surface area contributed by atoms with Gasteiger partial charge in [0, 0.05) is 36.2 Å². The highest BCUT2D eigenvalue weighted by Gasteiger charge is 2.27. The summed E-state index contributed by atoms with van der Waals surface area (Å²) in [4.78, 5) is 22.8. The van der Waals surface area contributed by atoms with E-state index in [0.717, 1.165) is 19.3 Å². The van der Waals surface area contributed by atoms with Crippen LogP contribution in [0.4, 0.5) is 11.8 Å². The van der Waals surface area contributed by atoms with Crippen molar-refractivity contribution in [3.63, 3.8) is 0 Å². The summed E-state index contributed by atoms with van der Waals surface area (Å²) in [5.74, 6) is 0.465. The number of para-hydroxylation sites is 1. The molecule has 2 aromatic heterocycles. The van der Waals surface area contributed by atoms with Crippen LogP contribution in [0.3, 0.4) is 0 Å². The first kappa shape index (κ1) is 28.9. The van der Waals surface area contributed by atoms with E-state index in [9.17, 15) is 13.2 Å². The number of nitrogens with one attached hydrogen (secondary N) is 1. The topological polar surface area (TPSA) is 123 Å². The van der Waals surface area contributed by atoms with Crippen molar-refractivity contribution >= 4 is 44.2 Å². The van der Waals surface area contributed by atoms with Crippen molar-refractivity contribution in [1.29, 1.82) is 0 Å². The van der Waals surface area contributed by atoms with Crippen LogP contribution in [0.1, 0.15) is 37.9 Å². The molecule has 1 fully saturated rings. The summed E-state index contributed by atoms with van der Waals surface area (Å²) in [6.45, 7) is 2.95. The van der Waals surface area contributed by atoms with E-state index in [4.69, 9.17) is 17.3 Å². The van der Waals surface area contributed by atoms with Crippen LogP contribution in [-0.2, 0) is 10.0 Å². The Morgan fingerprint density at radius 3 is 2.47 bits per heavy atom. The van der Waals surface area contributed by atoms with Crippen LogP contribution in [-0.4, -0.2) is 40.3 Å². The van der Waals surface area contributed by atoms with Crippen LogP contribution < -0.4 is 16.6 Å². The Balaban J connectivity index is 1.43. The summed E-state index contributed by atoms with van der Waals surface area (Å²) in [5.41, 5.74) is 8.35. The number of piperidine rings is 1. The molecule has 0 saturated carbocycles. The second-order valence-electron chi connectivity index (χ2n) is 10.6. The number of halogens is 1. The number of aromatic nitrogens is 3. The smallest absolute Gasteiger partial charge is 0.264 e. The average Bonchev–Trinajstić information content (AvgIpc) is 3.02. The molecular formula is C32H31ClN6O3S. The van der Waals surface area contributed by atoms with E-state index < -0.39 is 16.1 Å². The monoisotopic (exact) mass is 614 g/mol. The van der Waals surface area contributed by atoms with Gasteiger partial charge in [-0.15, -0.1) is 0 Å². The second kappa shape index (κ2) is 11.8. The molecular weight excluding hydrogens is 584 g/mol. The zero-order valence-electron chi connectivity index (χ0n) is 23.6. The van der Waals surface area contributed by atoms with Crippen molar-refractivity contribution in [2.75, 3.05) is 24.1 Å². The molecule has 1 saturated heterocycles. The molecule has 3 aromatic carbocycles. The molecule has 43 heavy (non-hydrogen) atoms. The van der Waals surface area contributed by atoms with Crippen molar-refractivity contribution in [3.8, 4) is 16.8 Å². The summed E-state index contributed by atoms with van der Waals surface area (Å²) in [6.07, 6.45) is 4.32. The maximum absolute atomic E-state index is 13.9. The molecule has 5 aromatic rings. The summed E-state index contributed by atoms with van der Waals surface area (Å²) in [7, 11) is -3.65. The maximum atomic E-state index is 13.9. The van der Waals surface area contributed by atoms with E-state index in [0.29, 0.717) is 57.2 Å². The molecule has 1 aliphatic heterocycles. The number of fused-ring (bicyclic) bond motifs is 1. The van der Waals surface area contributed by atoms with Gasteiger partial charge in [0.25, 0.3) is 5.56 Å². The molecule has 0 amide bonds. The lowest BCUT2D eigenvalue weighted by Crippen LogP contribution is -2.35. The number of nitrogen functional groups attached to an aromatic ring is 1. The third-order valence-electron chi connectivity index (χ3n) is 7.74. The molecule has 3 N–H and O–H groups in total. The van der Waals surface area contributed by atoms with Crippen LogP contribution in [0.15, 0.2) is 94.7 Å². The van der Waals surface area contributed by atoms with Crippen molar-refractivity contribution in [3.05, 3.63) is 106 Å². The molecule has 1 aliphatic rings. The number of nitrogens with two attached hydrogens (primary N) is 1. The highest BCUT2D eigenvalue weighted by Crippen LogP contribution is 2.33. The summed E-state index contributed by atoms with van der Waals surface area (Å²) < 4.78 is 30.0. The minimum atomic E-state index is -3.65. The molecule has 11 heteroatoms. The van der Waals surface area contributed by atoms with Gasteiger partial charge in [0.1, 0.15) is 5.82 Å². The fraction of sp³-hybridized carbons (Fsp3) is 0.219. The average molecular weight is 615 g/mol. The number of pyridine rings is 1. The Morgan fingerprint density at radius 2 is 1.70 bits per heavy atom. The van der Waals surface area contributed by atoms with Gasteiger partial charge in [-0.1, -0.05) is 60.5 Å². The van der Waals surface area contributed by atoms with Gasteiger partial charge in [0.05, 0.1) is 21.3 Å². The first-order valence-electron chi connectivity index (χ1n) is 14.1. The van der Waals surface area contributed by atoms with Gasteiger partial charge >= 0.3 is 0 Å². The van der Waals surface area contributed by atoms with Gasteiger partial charge in [-0.3, -0.25) is 9.36 Å². The van der Waals surface area contributed by atoms with E-state index >= 15 is 0 Å². The van der Waals surface area contributed by atoms with E-state index in [1.54, 1.807) is 39.3 Å². The minimum absolute atomic E-state index is 0.0567. The fourth-order valence-corrected chi connectivity index (χ4v) is 7.40. The third-order valence-corrected chi connectivity index (χ3v) is 9.95. The Labute approximate surface area is 255 Å². The first-order chi connectivity index (χ1) is 20.7. The number of nitrogens with zero attached hydrogens (tertiary/aromatic N) is 4. The van der Waals surface area contributed by atoms with Gasteiger partial charge in [-0.2, -0.15) is 9.29 Å². The number of hydrogen-bond acceptors (Lipinski definition) is 7. The van der Waals surface area contributed by atoms with Gasteiger partial charge in [-0.05, 0) is 67.1 Å². The Kier molecular flexibility index (Phi) is 7.91. The van der Waals surface area contributed by atoms with Crippen LogP contribution in [0, 0.1) is 0 Å². The number of benzene rings is 3. The number of hydrogen-bond donors (Lipinski definition) is 2. The minimum Gasteiger partial charge on any atom is -0.368 e.